The maximum Gasteiger partial charge on any atom is 0.357 e. The third kappa shape index (κ3) is 8.59. The summed E-state index contributed by atoms with van der Waals surface area (Å²) in [5, 5.41) is 4.02. The van der Waals surface area contributed by atoms with Crippen LogP contribution in [0.2, 0.25) is 39.3 Å². The summed E-state index contributed by atoms with van der Waals surface area (Å²) >= 11 is 0. The lowest BCUT2D eigenvalue weighted by Crippen LogP contribution is -2.65. The van der Waals surface area contributed by atoms with Crippen molar-refractivity contribution < 1.29 is 28.1 Å². The number of rotatable bonds is 13. The SMILES string of the molecule is C[C@@H](O[Si](C)(C)C)[C@H]1C(=O)N(OC(=O)C=P(c2ccccc2)(c2ccccc2)c2ccccc2)[C@@H]1CC(=O)c1cccc(O[Si](C)(C)C)c1. The number of hydrogen-bond acceptors (Lipinski definition) is 6. The maximum absolute atomic E-state index is 14.1. The Morgan fingerprint density at radius 3 is 1.73 bits per heavy atom. The molecule has 5 rings (SSSR count). The number of Topliss-reactive ketones (excluding diaryl/α,β-unsaturated/α-hetero) is 1. The molecule has 0 N–H and O–H groups in total. The zero-order valence-electron chi connectivity index (χ0n) is 29.3. The van der Waals surface area contributed by atoms with E-state index in [4.69, 9.17) is 13.7 Å². The Morgan fingerprint density at radius 2 is 1.27 bits per heavy atom. The number of carbonyl (C=O) groups excluding carboxylic acids is 3. The quantitative estimate of drug-likeness (QED) is 0.0658. The van der Waals surface area contributed by atoms with Crippen molar-refractivity contribution in [1.29, 1.82) is 0 Å². The minimum absolute atomic E-state index is 0.0319. The zero-order valence-corrected chi connectivity index (χ0v) is 32.2. The van der Waals surface area contributed by atoms with Gasteiger partial charge in [0.2, 0.25) is 8.32 Å². The van der Waals surface area contributed by atoms with Crippen LogP contribution in [0, 0.1) is 5.92 Å². The Kier molecular flexibility index (Phi) is 11.0. The summed E-state index contributed by atoms with van der Waals surface area (Å²) in [4.78, 5) is 47.7. The van der Waals surface area contributed by atoms with Crippen LogP contribution in [0.25, 0.3) is 0 Å². The van der Waals surface area contributed by atoms with Crippen molar-refractivity contribution >= 4 is 62.9 Å². The zero-order chi connectivity index (χ0) is 35.4. The summed E-state index contributed by atoms with van der Waals surface area (Å²) in [7, 11) is -3.93. The Bertz CT molecular complexity index is 1730. The molecule has 1 heterocycles. The summed E-state index contributed by atoms with van der Waals surface area (Å²) in [5.41, 5.74) is 0.479. The summed E-state index contributed by atoms with van der Waals surface area (Å²) in [6.45, 7) is 11.6. The number of hydroxylamine groups is 2. The van der Waals surface area contributed by atoms with Crippen molar-refractivity contribution in [3.05, 3.63) is 121 Å². The van der Waals surface area contributed by atoms with Crippen LogP contribution in [0.3, 0.4) is 0 Å². The van der Waals surface area contributed by atoms with Gasteiger partial charge in [-0.3, -0.25) is 9.59 Å². The molecule has 1 fully saturated rings. The Labute approximate surface area is 292 Å². The van der Waals surface area contributed by atoms with Gasteiger partial charge in [0.05, 0.1) is 18.1 Å². The fourth-order valence-corrected chi connectivity index (χ4v) is 12.1. The molecule has 0 radical (unpaired) electrons. The van der Waals surface area contributed by atoms with Crippen LogP contribution >= 0.6 is 6.89 Å². The predicted octanol–water partition coefficient (Wildman–Crippen LogP) is 6.79. The van der Waals surface area contributed by atoms with Gasteiger partial charge in [-0.1, -0.05) is 103 Å². The van der Waals surface area contributed by atoms with Gasteiger partial charge in [-0.25, -0.2) is 4.79 Å². The Morgan fingerprint density at radius 1 is 0.755 bits per heavy atom. The first-order valence-electron chi connectivity index (χ1n) is 16.6. The molecular formula is C39H46NO6PSi2. The highest BCUT2D eigenvalue weighted by molar-refractivity contribution is 7.95. The van der Waals surface area contributed by atoms with Gasteiger partial charge < -0.3 is 13.7 Å². The molecule has 1 aliphatic heterocycles. The van der Waals surface area contributed by atoms with Crippen molar-refractivity contribution in [3.8, 4) is 5.75 Å². The molecule has 256 valence electrons. The molecule has 7 nitrogen and oxygen atoms in total. The molecule has 4 aromatic carbocycles. The molecule has 1 saturated heterocycles. The van der Waals surface area contributed by atoms with E-state index in [1.54, 1.807) is 24.0 Å². The van der Waals surface area contributed by atoms with Crippen LogP contribution in [-0.4, -0.2) is 57.3 Å². The lowest BCUT2D eigenvalue weighted by molar-refractivity contribution is -0.239. The van der Waals surface area contributed by atoms with Gasteiger partial charge in [0, 0.05) is 17.8 Å². The lowest BCUT2D eigenvalue weighted by atomic mass is 9.81. The second-order valence-electron chi connectivity index (χ2n) is 14.3. The largest absolute Gasteiger partial charge is 0.544 e. The van der Waals surface area contributed by atoms with E-state index in [1.165, 1.54) is 0 Å². The Hall–Kier alpha value is -4.02. The number of β-lactam (4-membered cyclic amide) rings is 1. The molecule has 3 atom stereocenters. The molecule has 4 aromatic rings. The molecule has 0 spiro atoms. The van der Waals surface area contributed by atoms with E-state index >= 15 is 0 Å². The van der Waals surface area contributed by atoms with Crippen LogP contribution in [-0.2, 0) is 18.9 Å². The van der Waals surface area contributed by atoms with E-state index in [-0.39, 0.29) is 18.1 Å². The van der Waals surface area contributed by atoms with Crippen LogP contribution in [0.4, 0.5) is 0 Å². The first kappa shape index (κ1) is 36.3. The predicted molar refractivity (Wildman–Crippen MR) is 205 cm³/mol. The fraction of sp³-hybridized carbons (Fsp3) is 0.282. The van der Waals surface area contributed by atoms with Crippen LogP contribution in [0.15, 0.2) is 115 Å². The van der Waals surface area contributed by atoms with Gasteiger partial charge in [-0.2, -0.15) is 5.06 Å². The van der Waals surface area contributed by atoms with Crippen LogP contribution in [0.5, 0.6) is 5.75 Å². The molecule has 10 heteroatoms. The highest BCUT2D eigenvalue weighted by Gasteiger charge is 2.54. The number of ketones is 1. The summed E-state index contributed by atoms with van der Waals surface area (Å²) in [6, 6.07) is 36.2. The highest BCUT2D eigenvalue weighted by Crippen LogP contribution is 2.44. The smallest absolute Gasteiger partial charge is 0.357 e. The first-order valence-corrected chi connectivity index (χ1v) is 25.3. The number of hydrogen-bond donors (Lipinski definition) is 0. The third-order valence-electron chi connectivity index (χ3n) is 8.22. The highest BCUT2D eigenvalue weighted by atomic mass is 31.2. The monoisotopic (exact) mass is 711 g/mol. The van der Waals surface area contributed by atoms with Gasteiger partial charge in [-0.15, -0.1) is 0 Å². The standard InChI is InChI=1S/C39H46NO6PSi2/c1-29(45-48(2,3)4)38-35(27-36(41)30-18-17-19-31(26-30)46-49(5,6)7)40(39(38)43)44-37(42)28-47(32-20-11-8-12-21-32,33-22-13-9-14-23-33)34-24-15-10-16-25-34/h8-26,28-29,35,38H,27H2,1-7H3/t29-,35-,38-/m1/s1. The molecule has 1 aliphatic rings. The molecule has 0 aliphatic carbocycles. The van der Waals surface area contributed by atoms with Gasteiger partial charge in [0.15, 0.2) is 14.1 Å². The molecular weight excluding hydrogens is 666 g/mol. The summed E-state index contributed by atoms with van der Waals surface area (Å²) < 4.78 is 12.5. The minimum atomic E-state index is -2.69. The van der Waals surface area contributed by atoms with Crippen molar-refractivity contribution in [2.75, 3.05) is 0 Å². The maximum atomic E-state index is 14.1. The number of amides is 1. The van der Waals surface area contributed by atoms with E-state index in [9.17, 15) is 14.4 Å². The minimum Gasteiger partial charge on any atom is -0.544 e. The second kappa shape index (κ2) is 14.8. The topological polar surface area (TPSA) is 82.1 Å². The first-order chi connectivity index (χ1) is 23.2. The summed E-state index contributed by atoms with van der Waals surface area (Å²) in [5.74, 6) is 0.451. The number of nitrogens with zero attached hydrogens (tertiary/aromatic N) is 1. The Balaban J connectivity index is 1.52. The molecule has 1 amide bonds. The van der Waals surface area contributed by atoms with Gasteiger partial charge in [0.1, 0.15) is 5.75 Å². The van der Waals surface area contributed by atoms with E-state index < -0.39 is 47.6 Å². The van der Waals surface area contributed by atoms with Gasteiger partial charge >= 0.3 is 5.97 Å². The van der Waals surface area contributed by atoms with Crippen molar-refractivity contribution in [1.82, 2.24) is 5.06 Å². The molecule has 0 aromatic heterocycles. The third-order valence-corrected chi connectivity index (χ3v) is 14.1. The van der Waals surface area contributed by atoms with Crippen molar-refractivity contribution in [3.63, 3.8) is 0 Å². The molecule has 0 bridgehead atoms. The summed E-state index contributed by atoms with van der Waals surface area (Å²) in [6.07, 6.45) is -0.488. The van der Waals surface area contributed by atoms with Crippen molar-refractivity contribution in [2.45, 2.75) is 64.8 Å². The van der Waals surface area contributed by atoms with E-state index in [1.807, 2.05) is 104 Å². The molecule has 49 heavy (non-hydrogen) atoms. The second-order valence-corrected chi connectivity index (χ2v) is 26.5. The molecule has 0 unspecified atom stereocenters. The normalized spacial score (nSPS) is 17.1. The average molecular weight is 712 g/mol. The van der Waals surface area contributed by atoms with E-state index in [0.717, 1.165) is 21.0 Å². The van der Waals surface area contributed by atoms with Crippen LogP contribution in [0.1, 0.15) is 23.7 Å². The van der Waals surface area contributed by atoms with Gasteiger partial charge in [-0.05, 0) is 81.1 Å². The average Bonchev–Trinajstić information content (AvgIpc) is 3.05. The number of carbonyl (C=O) groups is 3. The van der Waals surface area contributed by atoms with Gasteiger partial charge in [0.25, 0.3) is 5.91 Å². The van der Waals surface area contributed by atoms with E-state index in [2.05, 4.69) is 39.3 Å². The van der Waals surface area contributed by atoms with E-state index in [0.29, 0.717) is 11.3 Å². The molecule has 0 saturated carbocycles. The van der Waals surface area contributed by atoms with Crippen LogP contribution < -0.4 is 20.3 Å². The fourth-order valence-electron chi connectivity index (χ4n) is 6.34. The lowest BCUT2D eigenvalue weighted by Gasteiger charge is -2.47. The number of benzene rings is 4. The van der Waals surface area contributed by atoms with Crippen molar-refractivity contribution in [2.24, 2.45) is 5.92 Å².